The molecule has 3 nitrogen and oxygen atoms in total. The predicted octanol–water partition coefficient (Wildman–Crippen LogP) is 2.78. The molecule has 3 heteroatoms. The van der Waals surface area contributed by atoms with E-state index in [0.29, 0.717) is 6.54 Å². The van der Waals surface area contributed by atoms with Crippen LogP contribution in [0.2, 0.25) is 0 Å². The smallest absolute Gasteiger partial charge is 0.0741 e. The zero-order valence-electron chi connectivity index (χ0n) is 12.7. The van der Waals surface area contributed by atoms with Crippen LogP contribution < -0.4 is 10.2 Å². The minimum atomic E-state index is -0.610. The SMILES string of the molecule is CCN(CC)c1ccc(CNCC(C)(O)CC)cc1. The van der Waals surface area contributed by atoms with Gasteiger partial charge in [-0.2, -0.15) is 0 Å². The number of rotatable bonds is 8. The van der Waals surface area contributed by atoms with E-state index < -0.39 is 5.60 Å². The quantitative estimate of drug-likeness (QED) is 0.758. The third-order valence-corrected chi connectivity index (χ3v) is 3.66. The van der Waals surface area contributed by atoms with Crippen LogP contribution >= 0.6 is 0 Å². The summed E-state index contributed by atoms with van der Waals surface area (Å²) in [5.74, 6) is 0. The van der Waals surface area contributed by atoms with Crippen molar-refractivity contribution in [2.24, 2.45) is 0 Å². The monoisotopic (exact) mass is 264 g/mol. The molecule has 0 saturated carbocycles. The van der Waals surface area contributed by atoms with Gasteiger partial charge in [-0.15, -0.1) is 0 Å². The molecule has 108 valence electrons. The van der Waals surface area contributed by atoms with E-state index in [1.54, 1.807) is 0 Å². The number of benzene rings is 1. The standard InChI is InChI=1S/C16H28N2O/c1-5-16(4,19)13-17-12-14-8-10-15(11-9-14)18(6-2)7-3/h8-11,17,19H,5-7,12-13H2,1-4H3. The van der Waals surface area contributed by atoms with Crippen molar-refractivity contribution in [1.29, 1.82) is 0 Å². The van der Waals surface area contributed by atoms with E-state index in [1.807, 2.05) is 13.8 Å². The molecule has 2 N–H and O–H groups in total. The van der Waals surface area contributed by atoms with Crippen LogP contribution in [0.3, 0.4) is 0 Å². The van der Waals surface area contributed by atoms with Crippen molar-refractivity contribution in [2.75, 3.05) is 24.5 Å². The number of aliphatic hydroxyl groups is 1. The first kappa shape index (κ1) is 16.0. The highest BCUT2D eigenvalue weighted by molar-refractivity contribution is 5.47. The number of anilines is 1. The maximum absolute atomic E-state index is 9.91. The van der Waals surface area contributed by atoms with E-state index in [4.69, 9.17) is 0 Å². The summed E-state index contributed by atoms with van der Waals surface area (Å²) in [6.07, 6.45) is 0.765. The Morgan fingerprint density at radius 1 is 1.11 bits per heavy atom. The van der Waals surface area contributed by atoms with Crippen molar-refractivity contribution in [3.63, 3.8) is 0 Å². The second-order valence-electron chi connectivity index (χ2n) is 5.29. The van der Waals surface area contributed by atoms with Gasteiger partial charge in [-0.25, -0.2) is 0 Å². The zero-order valence-corrected chi connectivity index (χ0v) is 12.7. The van der Waals surface area contributed by atoms with E-state index in [-0.39, 0.29) is 0 Å². The lowest BCUT2D eigenvalue weighted by Gasteiger charge is -2.22. The summed E-state index contributed by atoms with van der Waals surface area (Å²) in [6.45, 7) is 11.7. The van der Waals surface area contributed by atoms with Crippen molar-refractivity contribution in [3.05, 3.63) is 29.8 Å². The molecule has 0 aliphatic rings. The Balaban J connectivity index is 2.49. The average Bonchev–Trinajstić information content (AvgIpc) is 2.42. The molecule has 0 bridgehead atoms. The molecule has 0 saturated heterocycles. The van der Waals surface area contributed by atoms with Gasteiger partial charge in [0.15, 0.2) is 0 Å². The van der Waals surface area contributed by atoms with Gasteiger partial charge in [0.1, 0.15) is 0 Å². The van der Waals surface area contributed by atoms with Gasteiger partial charge in [-0.3, -0.25) is 0 Å². The number of hydrogen-bond acceptors (Lipinski definition) is 3. The van der Waals surface area contributed by atoms with Crippen LogP contribution in [0.5, 0.6) is 0 Å². The number of nitrogens with zero attached hydrogens (tertiary/aromatic N) is 1. The lowest BCUT2D eigenvalue weighted by molar-refractivity contribution is 0.0555. The minimum Gasteiger partial charge on any atom is -0.389 e. The van der Waals surface area contributed by atoms with Crippen LogP contribution in [0.1, 0.15) is 39.7 Å². The van der Waals surface area contributed by atoms with E-state index in [0.717, 1.165) is 26.1 Å². The molecule has 1 aromatic carbocycles. The lowest BCUT2D eigenvalue weighted by Crippen LogP contribution is -2.36. The van der Waals surface area contributed by atoms with Crippen LogP contribution in [0.25, 0.3) is 0 Å². The fraction of sp³-hybridized carbons (Fsp3) is 0.625. The van der Waals surface area contributed by atoms with Gasteiger partial charge in [0.2, 0.25) is 0 Å². The molecule has 0 heterocycles. The Bertz CT molecular complexity index is 356. The van der Waals surface area contributed by atoms with Crippen molar-refractivity contribution >= 4 is 5.69 Å². The summed E-state index contributed by atoms with van der Waals surface area (Å²) in [5, 5.41) is 13.2. The first-order chi connectivity index (χ1) is 9.02. The van der Waals surface area contributed by atoms with Gasteiger partial charge >= 0.3 is 0 Å². The molecule has 1 atom stereocenters. The first-order valence-electron chi connectivity index (χ1n) is 7.29. The second kappa shape index (κ2) is 7.51. The molecule has 0 amide bonds. The van der Waals surface area contributed by atoms with Crippen molar-refractivity contribution in [3.8, 4) is 0 Å². The fourth-order valence-electron chi connectivity index (χ4n) is 2.01. The summed E-state index contributed by atoms with van der Waals surface area (Å²) >= 11 is 0. The highest BCUT2D eigenvalue weighted by Gasteiger charge is 2.16. The Morgan fingerprint density at radius 2 is 1.68 bits per heavy atom. The molecule has 0 spiro atoms. The average molecular weight is 264 g/mol. The highest BCUT2D eigenvalue weighted by atomic mass is 16.3. The van der Waals surface area contributed by atoms with Crippen LogP contribution in [0.4, 0.5) is 5.69 Å². The van der Waals surface area contributed by atoms with Gasteiger partial charge in [-0.1, -0.05) is 19.1 Å². The number of hydrogen-bond donors (Lipinski definition) is 2. The normalized spacial score (nSPS) is 14.2. The topological polar surface area (TPSA) is 35.5 Å². The van der Waals surface area contributed by atoms with E-state index in [2.05, 4.69) is 48.3 Å². The summed E-state index contributed by atoms with van der Waals surface area (Å²) in [7, 11) is 0. The molecule has 0 aliphatic carbocycles. The van der Waals surface area contributed by atoms with Gasteiger partial charge in [0.25, 0.3) is 0 Å². The van der Waals surface area contributed by atoms with Crippen LogP contribution in [-0.4, -0.2) is 30.3 Å². The molecular formula is C16H28N2O. The molecule has 0 aromatic heterocycles. The van der Waals surface area contributed by atoms with Crippen molar-refractivity contribution < 1.29 is 5.11 Å². The maximum Gasteiger partial charge on any atom is 0.0741 e. The zero-order chi connectivity index (χ0) is 14.3. The first-order valence-corrected chi connectivity index (χ1v) is 7.29. The largest absolute Gasteiger partial charge is 0.389 e. The predicted molar refractivity (Wildman–Crippen MR) is 82.6 cm³/mol. The van der Waals surface area contributed by atoms with Gasteiger partial charge in [0.05, 0.1) is 5.60 Å². The van der Waals surface area contributed by atoms with E-state index in [1.165, 1.54) is 11.3 Å². The van der Waals surface area contributed by atoms with Crippen LogP contribution in [0.15, 0.2) is 24.3 Å². The third-order valence-electron chi connectivity index (χ3n) is 3.66. The molecule has 1 unspecified atom stereocenters. The van der Waals surface area contributed by atoms with Crippen LogP contribution in [0, 0.1) is 0 Å². The molecule has 1 aromatic rings. The number of nitrogens with one attached hydrogen (secondary N) is 1. The third kappa shape index (κ3) is 5.21. The Labute approximate surface area is 117 Å². The minimum absolute atomic E-state index is 0.610. The summed E-state index contributed by atoms with van der Waals surface area (Å²) < 4.78 is 0. The highest BCUT2D eigenvalue weighted by Crippen LogP contribution is 2.15. The summed E-state index contributed by atoms with van der Waals surface area (Å²) in [5.41, 5.74) is 1.92. The van der Waals surface area contributed by atoms with E-state index >= 15 is 0 Å². The summed E-state index contributed by atoms with van der Waals surface area (Å²) in [4.78, 5) is 2.33. The molecule has 0 radical (unpaired) electrons. The molecular weight excluding hydrogens is 236 g/mol. The molecule has 0 aliphatic heterocycles. The fourth-order valence-corrected chi connectivity index (χ4v) is 2.01. The van der Waals surface area contributed by atoms with Crippen molar-refractivity contribution in [2.45, 2.75) is 46.3 Å². The Hall–Kier alpha value is -1.06. The Morgan fingerprint density at radius 3 is 2.16 bits per heavy atom. The van der Waals surface area contributed by atoms with Gasteiger partial charge in [-0.05, 0) is 44.9 Å². The lowest BCUT2D eigenvalue weighted by atomic mass is 10.0. The maximum atomic E-state index is 9.91. The summed E-state index contributed by atoms with van der Waals surface area (Å²) in [6, 6.07) is 8.65. The second-order valence-corrected chi connectivity index (χ2v) is 5.29. The van der Waals surface area contributed by atoms with Gasteiger partial charge in [0, 0.05) is 31.9 Å². The van der Waals surface area contributed by atoms with Gasteiger partial charge < -0.3 is 15.3 Å². The Kier molecular flexibility index (Phi) is 6.32. The molecule has 19 heavy (non-hydrogen) atoms. The molecule has 0 fully saturated rings. The molecule has 1 rings (SSSR count). The van der Waals surface area contributed by atoms with Crippen molar-refractivity contribution in [1.82, 2.24) is 5.32 Å². The van der Waals surface area contributed by atoms with E-state index in [9.17, 15) is 5.11 Å². The van der Waals surface area contributed by atoms with Crippen LogP contribution in [-0.2, 0) is 6.54 Å².